The summed E-state index contributed by atoms with van der Waals surface area (Å²) >= 11 is 0. The number of fused-ring (bicyclic) bond motifs is 1. The lowest BCUT2D eigenvalue weighted by molar-refractivity contribution is -0.161. The first-order valence-electron chi connectivity index (χ1n) is 7.13. The van der Waals surface area contributed by atoms with E-state index in [-0.39, 0.29) is 0 Å². The van der Waals surface area contributed by atoms with Crippen LogP contribution in [0.3, 0.4) is 0 Å². The number of hydrogen-bond acceptors (Lipinski definition) is 7. The molecule has 1 aliphatic heterocycles. The van der Waals surface area contributed by atoms with E-state index >= 15 is 0 Å². The van der Waals surface area contributed by atoms with Gasteiger partial charge in [-0.25, -0.2) is 4.79 Å². The van der Waals surface area contributed by atoms with Gasteiger partial charge in [0.05, 0.1) is 7.11 Å². The number of rotatable bonds is 2. The molecule has 0 fully saturated rings. The maximum Gasteiger partial charge on any atom is 0.349 e. The Morgan fingerprint density at radius 3 is 2.22 bits per heavy atom. The third kappa shape index (κ3) is 2.77. The van der Waals surface area contributed by atoms with Crippen molar-refractivity contribution in [3.8, 4) is 11.5 Å². The van der Waals surface area contributed by atoms with Crippen molar-refractivity contribution in [2.75, 3.05) is 7.11 Å². The van der Waals surface area contributed by atoms with Crippen molar-refractivity contribution in [3.05, 3.63) is 22.3 Å². The average Bonchev–Trinajstić information content (AvgIpc) is 2.50. The van der Waals surface area contributed by atoms with Crippen LogP contribution in [-0.4, -0.2) is 41.5 Å². The fourth-order valence-corrected chi connectivity index (χ4v) is 2.76. The van der Waals surface area contributed by atoms with Gasteiger partial charge in [0.25, 0.3) is 0 Å². The van der Waals surface area contributed by atoms with Gasteiger partial charge >= 0.3 is 11.9 Å². The molecule has 126 valence electrons. The first kappa shape index (κ1) is 17.2. The SMILES string of the molecule is COC(=O)[C@@H]1Oc2c(C)c(C)c(OC(C)=O)c(C)c2C(O)[C@@H]1O. The molecule has 23 heavy (non-hydrogen) atoms. The molecule has 0 aromatic heterocycles. The lowest BCUT2D eigenvalue weighted by Gasteiger charge is -2.35. The molecule has 0 saturated carbocycles. The Kier molecular flexibility index (Phi) is 4.63. The number of esters is 2. The van der Waals surface area contributed by atoms with E-state index in [2.05, 4.69) is 4.74 Å². The molecule has 7 heteroatoms. The molecular weight excluding hydrogens is 304 g/mol. The van der Waals surface area contributed by atoms with Crippen LogP contribution in [0.2, 0.25) is 0 Å². The van der Waals surface area contributed by atoms with Gasteiger partial charge in [-0.1, -0.05) is 0 Å². The van der Waals surface area contributed by atoms with Crippen molar-refractivity contribution in [3.63, 3.8) is 0 Å². The summed E-state index contributed by atoms with van der Waals surface area (Å²) in [7, 11) is 1.17. The van der Waals surface area contributed by atoms with Gasteiger partial charge in [-0.15, -0.1) is 0 Å². The molecular formula is C16H20O7. The van der Waals surface area contributed by atoms with E-state index < -0.39 is 30.3 Å². The highest BCUT2D eigenvalue weighted by Crippen LogP contribution is 2.45. The molecule has 0 bridgehead atoms. The fraction of sp³-hybridized carbons (Fsp3) is 0.500. The summed E-state index contributed by atoms with van der Waals surface area (Å²) in [6.07, 6.45) is -4.17. The Balaban J connectivity index is 2.64. The maximum absolute atomic E-state index is 11.7. The summed E-state index contributed by atoms with van der Waals surface area (Å²) in [5.41, 5.74) is 2.05. The van der Waals surface area contributed by atoms with E-state index in [4.69, 9.17) is 9.47 Å². The Morgan fingerprint density at radius 1 is 1.09 bits per heavy atom. The minimum Gasteiger partial charge on any atom is -0.475 e. The van der Waals surface area contributed by atoms with E-state index in [1.807, 2.05) is 0 Å². The second-order valence-corrected chi connectivity index (χ2v) is 5.54. The number of aliphatic hydroxyl groups is 2. The van der Waals surface area contributed by atoms with Crippen LogP contribution in [0.4, 0.5) is 0 Å². The van der Waals surface area contributed by atoms with Gasteiger partial charge in [-0.05, 0) is 31.9 Å². The zero-order chi connectivity index (χ0) is 17.5. The largest absolute Gasteiger partial charge is 0.475 e. The number of hydrogen-bond donors (Lipinski definition) is 2. The number of carbonyl (C=O) groups is 2. The lowest BCUT2D eigenvalue weighted by Crippen LogP contribution is -2.47. The molecule has 3 atom stereocenters. The maximum atomic E-state index is 11.7. The summed E-state index contributed by atoms with van der Waals surface area (Å²) in [5, 5.41) is 20.6. The molecule has 1 unspecified atom stereocenters. The summed E-state index contributed by atoms with van der Waals surface area (Å²) in [6.45, 7) is 6.40. The van der Waals surface area contributed by atoms with Crippen LogP contribution in [-0.2, 0) is 14.3 Å². The number of aliphatic hydroxyl groups excluding tert-OH is 2. The Bertz CT molecular complexity index is 665. The number of methoxy groups -OCH3 is 1. The molecule has 0 radical (unpaired) electrons. The molecule has 0 saturated heterocycles. The topological polar surface area (TPSA) is 102 Å². The van der Waals surface area contributed by atoms with Gasteiger partial charge in [0.2, 0.25) is 6.10 Å². The predicted molar refractivity (Wildman–Crippen MR) is 79.4 cm³/mol. The van der Waals surface area contributed by atoms with Crippen LogP contribution in [0.1, 0.15) is 35.3 Å². The van der Waals surface area contributed by atoms with Gasteiger partial charge in [0.1, 0.15) is 23.7 Å². The molecule has 1 aromatic carbocycles. The summed E-state index contributed by atoms with van der Waals surface area (Å²) in [6, 6.07) is 0. The zero-order valence-electron chi connectivity index (χ0n) is 13.7. The molecule has 0 aliphatic carbocycles. The van der Waals surface area contributed by atoms with E-state index in [1.54, 1.807) is 20.8 Å². The van der Waals surface area contributed by atoms with Crippen molar-refractivity contribution >= 4 is 11.9 Å². The third-order valence-electron chi connectivity index (χ3n) is 4.09. The molecule has 0 amide bonds. The summed E-state index contributed by atoms with van der Waals surface area (Å²) < 4.78 is 15.4. The molecule has 7 nitrogen and oxygen atoms in total. The van der Waals surface area contributed by atoms with E-state index in [9.17, 15) is 19.8 Å². The number of ether oxygens (including phenoxy) is 3. The quantitative estimate of drug-likeness (QED) is 0.614. The Hall–Kier alpha value is -2.12. The van der Waals surface area contributed by atoms with Gasteiger partial charge in [-0.3, -0.25) is 4.79 Å². The smallest absolute Gasteiger partial charge is 0.349 e. The van der Waals surface area contributed by atoms with Crippen LogP contribution in [0, 0.1) is 20.8 Å². The Morgan fingerprint density at radius 2 is 1.70 bits per heavy atom. The first-order chi connectivity index (χ1) is 10.7. The highest BCUT2D eigenvalue weighted by atomic mass is 16.6. The van der Waals surface area contributed by atoms with Gasteiger partial charge in [-0.2, -0.15) is 0 Å². The highest BCUT2D eigenvalue weighted by molar-refractivity contribution is 5.78. The second-order valence-electron chi connectivity index (χ2n) is 5.54. The van der Waals surface area contributed by atoms with Crippen LogP contribution < -0.4 is 9.47 Å². The van der Waals surface area contributed by atoms with Gasteiger partial charge < -0.3 is 24.4 Å². The first-order valence-corrected chi connectivity index (χ1v) is 7.13. The lowest BCUT2D eigenvalue weighted by atomic mass is 9.88. The van der Waals surface area contributed by atoms with Crippen LogP contribution in [0.25, 0.3) is 0 Å². The monoisotopic (exact) mass is 324 g/mol. The van der Waals surface area contributed by atoms with Crippen LogP contribution in [0.5, 0.6) is 11.5 Å². The minimum absolute atomic E-state index is 0.295. The van der Waals surface area contributed by atoms with Crippen molar-refractivity contribution in [2.45, 2.75) is 46.0 Å². The number of benzene rings is 1. The van der Waals surface area contributed by atoms with Crippen molar-refractivity contribution in [1.82, 2.24) is 0 Å². The molecule has 1 aromatic rings. The van der Waals surface area contributed by atoms with Crippen molar-refractivity contribution in [2.24, 2.45) is 0 Å². The van der Waals surface area contributed by atoms with Crippen LogP contribution >= 0.6 is 0 Å². The van der Waals surface area contributed by atoms with E-state index in [1.165, 1.54) is 14.0 Å². The standard InChI is InChI=1S/C16H20O7/c1-6-7(2)14-10(8(3)13(6)22-9(4)17)11(18)12(19)15(23-14)16(20)21-5/h11-12,15,18-19H,1-5H3/t11?,12-,15+/m0/s1. The van der Waals surface area contributed by atoms with E-state index in [0.717, 1.165) is 0 Å². The molecule has 1 aliphatic rings. The summed E-state index contributed by atoms with van der Waals surface area (Å²) in [5.74, 6) is -0.653. The fourth-order valence-electron chi connectivity index (χ4n) is 2.76. The molecule has 2 rings (SSSR count). The zero-order valence-corrected chi connectivity index (χ0v) is 13.7. The number of carbonyl (C=O) groups excluding carboxylic acids is 2. The van der Waals surface area contributed by atoms with Gasteiger partial charge in [0.15, 0.2) is 0 Å². The van der Waals surface area contributed by atoms with E-state index in [0.29, 0.717) is 33.8 Å². The third-order valence-corrected chi connectivity index (χ3v) is 4.09. The normalized spacial score (nSPS) is 22.8. The molecule has 2 N–H and O–H groups in total. The predicted octanol–water partition coefficient (Wildman–Crippen LogP) is 0.865. The molecule has 0 spiro atoms. The molecule has 1 heterocycles. The van der Waals surface area contributed by atoms with Gasteiger partial charge in [0, 0.05) is 18.1 Å². The minimum atomic E-state index is -1.49. The second kappa shape index (κ2) is 6.17. The highest BCUT2D eigenvalue weighted by Gasteiger charge is 2.43. The Labute approximate surface area is 133 Å². The summed E-state index contributed by atoms with van der Waals surface area (Å²) in [4.78, 5) is 23.0. The van der Waals surface area contributed by atoms with Crippen LogP contribution in [0.15, 0.2) is 0 Å². The van der Waals surface area contributed by atoms with Crippen molar-refractivity contribution < 1.29 is 34.0 Å². The van der Waals surface area contributed by atoms with Crippen molar-refractivity contribution in [1.29, 1.82) is 0 Å². The average molecular weight is 324 g/mol.